The molecule has 1 unspecified atom stereocenters. The van der Waals surface area contributed by atoms with Gasteiger partial charge in [-0.3, -0.25) is 11.3 Å². The van der Waals surface area contributed by atoms with Crippen molar-refractivity contribution in [2.45, 2.75) is 56.6 Å². The van der Waals surface area contributed by atoms with Gasteiger partial charge in [0.15, 0.2) is 0 Å². The lowest BCUT2D eigenvalue weighted by molar-refractivity contribution is -0.0527. The lowest BCUT2D eigenvalue weighted by atomic mass is 9.83. The monoisotopic (exact) mass is 296 g/mol. The molecule has 1 aromatic carbocycles. The quantitative estimate of drug-likeness (QED) is 0.497. The van der Waals surface area contributed by atoms with Crippen LogP contribution in [0.3, 0.4) is 0 Å². The van der Waals surface area contributed by atoms with Gasteiger partial charge in [0.1, 0.15) is 0 Å². The standard InChI is InChI=1S/C16H25ClN2O/c1-20-16(10-6-2-3-7-11-16)15(19-18)12-13-8-4-5-9-14(13)17/h4-5,8-9,15,19H,2-3,6-7,10-12,18H2,1H3. The number of hydrogen-bond donors (Lipinski definition) is 2. The highest BCUT2D eigenvalue weighted by Gasteiger charge is 2.38. The van der Waals surface area contributed by atoms with Gasteiger partial charge in [-0.2, -0.15) is 0 Å². The van der Waals surface area contributed by atoms with Gasteiger partial charge in [-0.15, -0.1) is 0 Å². The van der Waals surface area contributed by atoms with Crippen LogP contribution in [0, 0.1) is 0 Å². The van der Waals surface area contributed by atoms with E-state index in [-0.39, 0.29) is 11.6 Å². The molecule has 0 saturated heterocycles. The van der Waals surface area contributed by atoms with Crippen LogP contribution in [0.1, 0.15) is 44.1 Å². The Bertz CT molecular complexity index is 417. The summed E-state index contributed by atoms with van der Waals surface area (Å²) in [4.78, 5) is 0. The predicted molar refractivity (Wildman–Crippen MR) is 83.7 cm³/mol. The van der Waals surface area contributed by atoms with Crippen molar-refractivity contribution in [2.24, 2.45) is 5.84 Å². The van der Waals surface area contributed by atoms with Gasteiger partial charge in [-0.1, -0.05) is 55.5 Å². The fourth-order valence-corrected chi connectivity index (χ4v) is 3.52. The van der Waals surface area contributed by atoms with Crippen molar-refractivity contribution in [3.8, 4) is 0 Å². The maximum atomic E-state index is 6.28. The smallest absolute Gasteiger partial charge is 0.0847 e. The topological polar surface area (TPSA) is 47.3 Å². The second-order valence-electron chi connectivity index (χ2n) is 5.70. The minimum absolute atomic E-state index is 0.0884. The minimum Gasteiger partial charge on any atom is -0.377 e. The van der Waals surface area contributed by atoms with Crippen LogP contribution >= 0.6 is 11.6 Å². The fourth-order valence-electron chi connectivity index (χ4n) is 3.30. The first-order valence-corrected chi connectivity index (χ1v) is 7.84. The molecule has 2 rings (SSSR count). The first-order valence-electron chi connectivity index (χ1n) is 7.46. The van der Waals surface area contributed by atoms with E-state index in [1.807, 2.05) is 25.3 Å². The molecule has 112 valence electrons. The average molecular weight is 297 g/mol. The van der Waals surface area contributed by atoms with Crippen molar-refractivity contribution in [2.75, 3.05) is 7.11 Å². The van der Waals surface area contributed by atoms with Crippen LogP contribution in [0.25, 0.3) is 0 Å². The molecule has 0 amide bonds. The van der Waals surface area contributed by atoms with Gasteiger partial charge < -0.3 is 4.74 Å². The minimum atomic E-state index is -0.176. The van der Waals surface area contributed by atoms with Crippen LogP contribution in [0.2, 0.25) is 5.02 Å². The van der Waals surface area contributed by atoms with Gasteiger partial charge in [0.05, 0.1) is 11.6 Å². The summed E-state index contributed by atoms with van der Waals surface area (Å²) in [7, 11) is 1.81. The molecule has 0 spiro atoms. The Morgan fingerprint density at radius 3 is 2.45 bits per heavy atom. The highest BCUT2D eigenvalue weighted by molar-refractivity contribution is 6.31. The van der Waals surface area contributed by atoms with Gasteiger partial charge >= 0.3 is 0 Å². The summed E-state index contributed by atoms with van der Waals surface area (Å²) < 4.78 is 5.94. The number of hydrazine groups is 1. The second-order valence-corrected chi connectivity index (χ2v) is 6.11. The maximum absolute atomic E-state index is 6.28. The third-order valence-corrected chi connectivity index (χ3v) is 4.94. The predicted octanol–water partition coefficient (Wildman–Crippen LogP) is 3.45. The lowest BCUT2D eigenvalue weighted by Crippen LogP contribution is -2.55. The largest absolute Gasteiger partial charge is 0.377 e. The van der Waals surface area contributed by atoms with Crippen molar-refractivity contribution in [3.05, 3.63) is 34.9 Å². The summed E-state index contributed by atoms with van der Waals surface area (Å²) in [5.41, 5.74) is 3.93. The molecule has 1 aliphatic carbocycles. The molecular weight excluding hydrogens is 272 g/mol. The first kappa shape index (κ1) is 15.8. The van der Waals surface area contributed by atoms with Crippen LogP contribution in [0.5, 0.6) is 0 Å². The highest BCUT2D eigenvalue weighted by atomic mass is 35.5. The summed E-state index contributed by atoms with van der Waals surface area (Å²) in [6.45, 7) is 0. The van der Waals surface area contributed by atoms with E-state index >= 15 is 0 Å². The third-order valence-electron chi connectivity index (χ3n) is 4.57. The molecule has 3 nitrogen and oxygen atoms in total. The number of nitrogens with one attached hydrogen (secondary N) is 1. The van der Waals surface area contributed by atoms with Gasteiger partial charge in [0.25, 0.3) is 0 Å². The molecule has 1 atom stereocenters. The average Bonchev–Trinajstić information content (AvgIpc) is 2.73. The van der Waals surface area contributed by atoms with E-state index in [4.69, 9.17) is 22.2 Å². The molecule has 1 fully saturated rings. The molecule has 0 radical (unpaired) electrons. The van der Waals surface area contributed by atoms with E-state index in [0.29, 0.717) is 0 Å². The van der Waals surface area contributed by atoms with Crippen molar-refractivity contribution in [1.82, 2.24) is 5.43 Å². The zero-order chi connectivity index (χ0) is 14.4. The summed E-state index contributed by atoms with van der Waals surface area (Å²) in [5, 5.41) is 0.799. The van der Waals surface area contributed by atoms with E-state index < -0.39 is 0 Å². The molecule has 0 bridgehead atoms. The second kappa shape index (κ2) is 7.41. The molecule has 0 aromatic heterocycles. The van der Waals surface area contributed by atoms with Gasteiger partial charge in [-0.25, -0.2) is 0 Å². The van der Waals surface area contributed by atoms with Crippen LogP contribution in [-0.4, -0.2) is 18.8 Å². The summed E-state index contributed by atoms with van der Waals surface area (Å²) in [6, 6.07) is 8.05. The number of rotatable bonds is 5. The van der Waals surface area contributed by atoms with Crippen LogP contribution < -0.4 is 11.3 Å². The fraction of sp³-hybridized carbons (Fsp3) is 0.625. The number of nitrogens with two attached hydrogens (primary N) is 1. The Morgan fingerprint density at radius 2 is 1.90 bits per heavy atom. The molecular formula is C16H25ClN2O. The van der Waals surface area contributed by atoms with E-state index in [9.17, 15) is 0 Å². The zero-order valence-corrected chi connectivity index (χ0v) is 13.0. The highest BCUT2D eigenvalue weighted by Crippen LogP contribution is 2.34. The molecule has 0 aliphatic heterocycles. The molecule has 4 heteroatoms. The molecule has 1 saturated carbocycles. The van der Waals surface area contributed by atoms with Crippen molar-refractivity contribution in [3.63, 3.8) is 0 Å². The van der Waals surface area contributed by atoms with E-state index in [2.05, 4.69) is 11.5 Å². The van der Waals surface area contributed by atoms with E-state index in [1.54, 1.807) is 0 Å². The summed E-state index contributed by atoms with van der Waals surface area (Å²) in [5.74, 6) is 5.84. The van der Waals surface area contributed by atoms with Crippen molar-refractivity contribution >= 4 is 11.6 Å². The SMILES string of the molecule is COC1(C(Cc2ccccc2Cl)NN)CCCCCC1. The molecule has 3 N–H and O–H groups in total. The number of ether oxygens (including phenoxy) is 1. The Kier molecular flexibility index (Phi) is 5.85. The zero-order valence-electron chi connectivity index (χ0n) is 12.2. The summed E-state index contributed by atoms with van der Waals surface area (Å²) >= 11 is 6.28. The molecule has 1 aromatic rings. The normalized spacial score (nSPS) is 20.4. The Hall–Kier alpha value is -0.610. The van der Waals surface area contributed by atoms with Crippen molar-refractivity contribution in [1.29, 1.82) is 0 Å². The number of halogens is 1. The van der Waals surface area contributed by atoms with Gasteiger partial charge in [-0.05, 0) is 30.9 Å². The van der Waals surface area contributed by atoms with Crippen LogP contribution in [0.4, 0.5) is 0 Å². The number of benzene rings is 1. The maximum Gasteiger partial charge on any atom is 0.0847 e. The Morgan fingerprint density at radius 1 is 1.25 bits per heavy atom. The Balaban J connectivity index is 2.18. The number of methoxy groups -OCH3 is 1. The van der Waals surface area contributed by atoms with E-state index in [1.165, 1.54) is 25.7 Å². The van der Waals surface area contributed by atoms with Crippen molar-refractivity contribution < 1.29 is 4.74 Å². The van der Waals surface area contributed by atoms with Crippen LogP contribution in [0.15, 0.2) is 24.3 Å². The van der Waals surface area contributed by atoms with Crippen LogP contribution in [-0.2, 0) is 11.2 Å². The lowest BCUT2D eigenvalue weighted by Gasteiger charge is -2.39. The molecule has 0 heterocycles. The first-order chi connectivity index (χ1) is 9.72. The molecule has 1 aliphatic rings. The van der Waals surface area contributed by atoms with Gasteiger partial charge in [0.2, 0.25) is 0 Å². The third kappa shape index (κ3) is 3.53. The molecule has 20 heavy (non-hydrogen) atoms. The Labute approximate surface area is 126 Å². The van der Waals surface area contributed by atoms with E-state index in [0.717, 1.165) is 29.8 Å². The summed E-state index contributed by atoms with van der Waals surface area (Å²) in [6.07, 6.45) is 7.89. The van der Waals surface area contributed by atoms with Gasteiger partial charge in [0, 0.05) is 12.1 Å². The number of hydrogen-bond acceptors (Lipinski definition) is 3.